The number of likely N-dealkylation sites (N-methyl/N-ethyl adjacent to an activating group) is 1. The van der Waals surface area contributed by atoms with Crippen LogP contribution in [-0.4, -0.2) is 144 Å². The van der Waals surface area contributed by atoms with Crippen molar-refractivity contribution < 1.29 is 57.9 Å². The largest absolute Gasteiger partial charge is 0.495 e. The molecule has 2 saturated heterocycles. The van der Waals surface area contributed by atoms with Gasteiger partial charge in [0.05, 0.1) is 44.5 Å². The number of Topliss-reactive ketones (excluding diaryl/α,β-unsaturated/α-hetero) is 2. The number of ether oxygens (including phenoxy) is 4. The lowest BCUT2D eigenvalue weighted by atomic mass is 9.81. The molecule has 17 nitrogen and oxygen atoms in total. The van der Waals surface area contributed by atoms with Gasteiger partial charge in [-0.1, -0.05) is 83.3 Å². The van der Waals surface area contributed by atoms with E-state index in [2.05, 4.69) is 17.2 Å². The van der Waals surface area contributed by atoms with Crippen LogP contribution in [0, 0.1) is 17.8 Å². The summed E-state index contributed by atoms with van der Waals surface area (Å²) in [6, 6.07) is 2.06. The molecule has 1 aromatic carbocycles. The summed E-state index contributed by atoms with van der Waals surface area (Å²) in [7, 11) is 7.81. The molecular weight excluding hydrogens is 998 g/mol. The Labute approximate surface area is 444 Å². The van der Waals surface area contributed by atoms with Gasteiger partial charge >= 0.3 is 12.1 Å². The number of aliphatic hydroxyl groups excluding tert-OH is 1. The molecule has 6 N–H and O–H groups in total. The number of carbonyl (C=O) groups excluding carboxylic acids is 6. The zero-order chi connectivity index (χ0) is 54.4. The third kappa shape index (κ3) is 17.0. The molecule has 3 heterocycles. The summed E-state index contributed by atoms with van der Waals surface area (Å²) in [6.07, 6.45) is 6.84. The topological polar surface area (TPSA) is 240 Å². The highest BCUT2D eigenvalue weighted by Crippen LogP contribution is 2.49. The second-order valence-electron chi connectivity index (χ2n) is 20.5. The first-order valence-corrected chi connectivity index (χ1v) is 27.9. The first kappa shape index (κ1) is 61.6. The fraction of sp³-hybridized carbons (Fsp3) is 0.660. The highest BCUT2D eigenvalue weighted by Gasteiger charge is 2.64. The number of fused-ring (bicyclic) bond motifs is 5. The minimum atomic E-state index is -1.89. The summed E-state index contributed by atoms with van der Waals surface area (Å²) >= 11 is 6.82. The SMILES string of the molecule is C=CC(C)C(=O)[C@H](CCCCN)NCC(=O)CCCSSC(C)(C)CCC(=O)N(C)[C@@H](C)C(=O)O[C@H]1CC(=O)N(C)c2cc(cc(OC)c2Cl)C/C(C)=C/C=C/[C@@H](CO)[C@@]2(O)C[C@H](OC(=O)N2)[C@@H](C)[C@@H]2O[C@@]12C. The highest BCUT2D eigenvalue weighted by atomic mass is 35.5. The van der Waals surface area contributed by atoms with E-state index in [1.807, 2.05) is 26.8 Å². The van der Waals surface area contributed by atoms with Gasteiger partial charge in [0, 0.05) is 61.6 Å². The van der Waals surface area contributed by atoms with Crippen LogP contribution < -0.4 is 26.0 Å². The lowest BCUT2D eigenvalue weighted by Gasteiger charge is -2.42. The number of carbonyl (C=O) groups is 6. The number of nitrogens with two attached hydrogens (primary N) is 1. The number of epoxide rings is 1. The number of hydrogen-bond donors (Lipinski definition) is 5. The molecule has 4 bridgehead atoms. The van der Waals surface area contributed by atoms with Crippen LogP contribution in [0.4, 0.5) is 10.5 Å². The van der Waals surface area contributed by atoms with Gasteiger partial charge in [0.15, 0.2) is 11.5 Å². The lowest BCUT2D eigenvalue weighted by Crippen LogP contribution is -2.62. The van der Waals surface area contributed by atoms with Crippen LogP contribution in [0.2, 0.25) is 5.02 Å². The number of aliphatic hydroxyl groups is 2. The number of anilines is 1. The van der Waals surface area contributed by atoms with Gasteiger partial charge in [-0.15, -0.1) is 6.58 Å². The quantitative estimate of drug-likeness (QED) is 0.0233. The molecule has 2 fully saturated rings. The highest BCUT2D eigenvalue weighted by molar-refractivity contribution is 8.77. The fourth-order valence-electron chi connectivity index (χ4n) is 9.00. The Balaban J connectivity index is 1.43. The predicted molar refractivity (Wildman–Crippen MR) is 287 cm³/mol. The Bertz CT molecular complexity index is 2200. The normalized spacial score (nSPS) is 26.9. The lowest BCUT2D eigenvalue weighted by molar-refractivity contribution is -0.162. The fourth-order valence-corrected chi connectivity index (χ4v) is 12.0. The van der Waals surface area contributed by atoms with Crippen LogP contribution >= 0.6 is 33.2 Å². The number of alkyl carbamates (subject to hydrolysis) is 1. The van der Waals surface area contributed by atoms with Gasteiger partial charge in [0.25, 0.3) is 0 Å². The monoisotopic (exact) mass is 1080 g/mol. The van der Waals surface area contributed by atoms with Crippen LogP contribution in [0.1, 0.15) is 112 Å². The maximum absolute atomic E-state index is 14.4. The smallest absolute Gasteiger partial charge is 0.409 e. The molecule has 0 saturated carbocycles. The number of ketones is 2. The van der Waals surface area contributed by atoms with Crippen molar-refractivity contribution >= 4 is 74.3 Å². The van der Waals surface area contributed by atoms with Crippen molar-refractivity contribution in [2.75, 3.05) is 51.6 Å². The minimum absolute atomic E-state index is 0.0187. The van der Waals surface area contributed by atoms with Crippen LogP contribution in [0.3, 0.4) is 0 Å². The minimum Gasteiger partial charge on any atom is -0.495 e. The number of nitrogens with zero attached hydrogens (tertiary/aromatic N) is 2. The van der Waals surface area contributed by atoms with Gasteiger partial charge in [0.2, 0.25) is 11.8 Å². The van der Waals surface area contributed by atoms with Crippen molar-refractivity contribution in [1.82, 2.24) is 15.5 Å². The van der Waals surface area contributed by atoms with Crippen LogP contribution in [0.15, 0.2) is 48.6 Å². The number of hydrogen-bond acceptors (Lipinski definition) is 16. The van der Waals surface area contributed by atoms with E-state index in [4.69, 9.17) is 36.3 Å². The van der Waals surface area contributed by atoms with Gasteiger partial charge in [-0.2, -0.15) is 0 Å². The average Bonchev–Trinajstić information content (AvgIpc) is 4.05. The third-order valence-electron chi connectivity index (χ3n) is 14.2. The van der Waals surface area contributed by atoms with E-state index < -0.39 is 78.1 Å². The maximum atomic E-state index is 14.4. The number of esters is 1. The molecule has 0 spiro atoms. The summed E-state index contributed by atoms with van der Waals surface area (Å²) in [5.41, 5.74) is 4.48. The molecule has 0 radical (unpaired) electrons. The number of methoxy groups -OCH3 is 1. The zero-order valence-electron chi connectivity index (χ0n) is 44.3. The molecule has 3 aliphatic heterocycles. The number of nitrogens with one attached hydrogen (secondary N) is 2. The van der Waals surface area contributed by atoms with Crippen molar-refractivity contribution in [3.63, 3.8) is 0 Å². The van der Waals surface area contributed by atoms with Crippen molar-refractivity contribution in [3.8, 4) is 5.75 Å². The van der Waals surface area contributed by atoms with E-state index in [1.54, 1.807) is 86.7 Å². The first-order chi connectivity index (χ1) is 34.3. The summed E-state index contributed by atoms with van der Waals surface area (Å²) in [4.78, 5) is 83.5. The van der Waals surface area contributed by atoms with E-state index >= 15 is 0 Å². The maximum Gasteiger partial charge on any atom is 0.409 e. The predicted octanol–water partition coefficient (Wildman–Crippen LogP) is 6.88. The first-order valence-electron chi connectivity index (χ1n) is 25.2. The van der Waals surface area contributed by atoms with Crippen molar-refractivity contribution in [2.45, 2.75) is 159 Å². The Morgan fingerprint density at radius 3 is 2.55 bits per heavy atom. The Kier molecular flexibility index (Phi) is 23.4. The summed E-state index contributed by atoms with van der Waals surface area (Å²) < 4.78 is 23.5. The molecule has 4 rings (SSSR count). The molecule has 0 aliphatic carbocycles. The molecule has 20 heteroatoms. The number of amides is 3. The summed E-state index contributed by atoms with van der Waals surface area (Å²) in [6.45, 7) is 16.7. The van der Waals surface area contributed by atoms with E-state index in [1.165, 1.54) is 24.0 Å². The van der Waals surface area contributed by atoms with Crippen molar-refractivity contribution in [3.05, 3.63) is 59.2 Å². The van der Waals surface area contributed by atoms with E-state index in [9.17, 15) is 39.0 Å². The number of unbranched alkanes of at least 4 members (excludes halogenated alkanes) is 1. The third-order valence-corrected chi connectivity index (χ3v) is 18.0. The van der Waals surface area contributed by atoms with Crippen molar-refractivity contribution in [1.29, 1.82) is 0 Å². The van der Waals surface area contributed by atoms with E-state index in [0.29, 0.717) is 55.8 Å². The van der Waals surface area contributed by atoms with Gasteiger partial charge in [-0.3, -0.25) is 24.5 Å². The number of rotatable bonds is 24. The molecule has 1 aromatic rings. The molecule has 3 aliphatic rings. The van der Waals surface area contributed by atoms with Gasteiger partial charge in [-0.05, 0) is 91.0 Å². The Morgan fingerprint density at radius 2 is 1.89 bits per heavy atom. The number of benzene rings is 1. The van der Waals surface area contributed by atoms with Crippen LogP contribution in [0.5, 0.6) is 5.75 Å². The Morgan fingerprint density at radius 1 is 1.18 bits per heavy atom. The molecule has 10 atom stereocenters. The van der Waals surface area contributed by atoms with E-state index in [0.717, 1.165) is 24.0 Å². The number of halogens is 1. The molecular formula is C53H80ClN5O12S2. The van der Waals surface area contributed by atoms with Gasteiger partial charge < -0.3 is 50.0 Å². The molecule has 73 heavy (non-hydrogen) atoms. The second kappa shape index (κ2) is 27.7. The molecule has 0 aromatic heterocycles. The summed E-state index contributed by atoms with van der Waals surface area (Å²) in [5, 5.41) is 28.1. The standard InChI is InChI=1S/C53H80ClN5O12S2/c1-12-33(3)47(64)39(20-13-14-23-55)56-30-38(61)19-16-24-72-73-51(6,7)22-21-44(62)58(9)35(5)49(65)70-43-28-45(63)59(10)40-26-36(27-41(68-11)46(40)54)25-32(2)17-15-18-37(31-60)53(67)29-42(69-50(66)57-53)34(4)48-52(43,8)71-48/h12,15,17-18,26-27,33-35,37,39,42-43,48,56,60,67H,1,13-14,16,19-25,28-31,55H2,2-11H3,(H,57,66)/b18-15+,32-17+/t33?,34-,35+,37+,39+,42+,43+,48+,52+,53+/m1/s1. The average molecular weight is 1080 g/mol. The molecule has 1 unspecified atom stereocenters. The Hall–Kier alpha value is -3.95. The second-order valence-corrected chi connectivity index (χ2v) is 24.0. The van der Waals surface area contributed by atoms with E-state index in [-0.39, 0.29) is 59.0 Å². The van der Waals surface area contributed by atoms with Crippen molar-refractivity contribution in [2.24, 2.45) is 23.5 Å². The molecule has 3 amide bonds. The van der Waals surface area contributed by atoms with Gasteiger partial charge in [-0.25, -0.2) is 9.59 Å². The number of allylic oxidation sites excluding steroid dienone is 4. The summed E-state index contributed by atoms with van der Waals surface area (Å²) in [5.74, 6) is -2.24. The van der Waals surface area contributed by atoms with Gasteiger partial charge in [0.1, 0.15) is 40.4 Å². The molecule has 408 valence electrons. The zero-order valence-corrected chi connectivity index (χ0v) is 46.7. The van der Waals surface area contributed by atoms with Crippen LogP contribution in [-0.2, 0) is 44.6 Å². The van der Waals surface area contributed by atoms with Crippen LogP contribution in [0.25, 0.3) is 0 Å².